The zero-order valence-electron chi connectivity index (χ0n) is 9.14. The summed E-state index contributed by atoms with van der Waals surface area (Å²) in [6.45, 7) is 0.965. The number of hydrogen-bond donors (Lipinski definition) is 1. The molecule has 0 radical (unpaired) electrons. The second-order valence-corrected chi connectivity index (χ2v) is 6.20. The standard InChI is InChI=1S/C9H14BrN3O2S/c1-13(4-3-12-16(2,14)15)9-5-8(10)6-11-7-9/h5-7,12H,3-4H2,1-2H3. The van der Waals surface area contributed by atoms with E-state index in [1.807, 2.05) is 18.0 Å². The van der Waals surface area contributed by atoms with Gasteiger partial charge in [-0.15, -0.1) is 0 Å². The fourth-order valence-electron chi connectivity index (χ4n) is 1.14. The van der Waals surface area contributed by atoms with E-state index >= 15 is 0 Å². The van der Waals surface area contributed by atoms with Crippen LogP contribution in [0.3, 0.4) is 0 Å². The SMILES string of the molecule is CN(CCNS(C)(=O)=O)c1cncc(Br)c1. The maximum absolute atomic E-state index is 10.9. The Labute approximate surface area is 104 Å². The number of sulfonamides is 1. The number of pyridine rings is 1. The number of rotatable bonds is 5. The van der Waals surface area contributed by atoms with Crippen molar-refractivity contribution < 1.29 is 8.42 Å². The third kappa shape index (κ3) is 4.91. The van der Waals surface area contributed by atoms with Gasteiger partial charge in [0, 0.05) is 30.8 Å². The minimum atomic E-state index is -3.11. The highest BCUT2D eigenvalue weighted by Crippen LogP contribution is 2.16. The first-order valence-corrected chi connectivity index (χ1v) is 7.33. The fourth-order valence-corrected chi connectivity index (χ4v) is 1.95. The molecular formula is C9H14BrN3O2S. The van der Waals surface area contributed by atoms with Crippen molar-refractivity contribution >= 4 is 31.6 Å². The molecule has 0 saturated heterocycles. The normalized spacial score (nSPS) is 11.4. The summed E-state index contributed by atoms with van der Waals surface area (Å²) in [4.78, 5) is 5.96. The average Bonchev–Trinajstić information content (AvgIpc) is 2.15. The Hall–Kier alpha value is -0.660. The average molecular weight is 308 g/mol. The lowest BCUT2D eigenvalue weighted by molar-refractivity contribution is 0.587. The van der Waals surface area contributed by atoms with Gasteiger partial charge in [-0.3, -0.25) is 4.98 Å². The van der Waals surface area contributed by atoms with E-state index in [2.05, 4.69) is 25.6 Å². The van der Waals surface area contributed by atoms with Gasteiger partial charge in [0.05, 0.1) is 18.1 Å². The molecule has 5 nitrogen and oxygen atoms in total. The Balaban J connectivity index is 2.50. The molecule has 1 aromatic heterocycles. The number of hydrogen-bond acceptors (Lipinski definition) is 4. The van der Waals surface area contributed by atoms with Crippen molar-refractivity contribution in [3.8, 4) is 0 Å². The van der Waals surface area contributed by atoms with Crippen LogP contribution in [0.25, 0.3) is 0 Å². The van der Waals surface area contributed by atoms with Crippen LogP contribution in [-0.4, -0.2) is 39.8 Å². The van der Waals surface area contributed by atoms with Gasteiger partial charge in [-0.25, -0.2) is 13.1 Å². The zero-order chi connectivity index (χ0) is 12.2. The summed E-state index contributed by atoms with van der Waals surface area (Å²) in [6, 6.07) is 1.92. The summed E-state index contributed by atoms with van der Waals surface area (Å²) in [5.41, 5.74) is 0.935. The van der Waals surface area contributed by atoms with Gasteiger partial charge in [-0.2, -0.15) is 0 Å². The maximum atomic E-state index is 10.9. The summed E-state index contributed by atoms with van der Waals surface area (Å²) in [6.07, 6.45) is 4.57. The Morgan fingerprint density at radius 3 is 2.75 bits per heavy atom. The summed E-state index contributed by atoms with van der Waals surface area (Å²) >= 11 is 3.33. The monoisotopic (exact) mass is 307 g/mol. The maximum Gasteiger partial charge on any atom is 0.208 e. The van der Waals surface area contributed by atoms with E-state index in [0.717, 1.165) is 16.4 Å². The molecule has 0 atom stereocenters. The van der Waals surface area contributed by atoms with Crippen molar-refractivity contribution in [1.82, 2.24) is 9.71 Å². The quantitative estimate of drug-likeness (QED) is 0.875. The molecule has 1 N–H and O–H groups in total. The molecule has 0 aliphatic rings. The number of likely N-dealkylation sites (N-methyl/N-ethyl adjacent to an activating group) is 1. The van der Waals surface area contributed by atoms with Gasteiger partial charge in [0.25, 0.3) is 0 Å². The third-order valence-corrected chi connectivity index (χ3v) is 3.10. The van der Waals surface area contributed by atoms with Gasteiger partial charge < -0.3 is 4.90 Å². The van der Waals surface area contributed by atoms with Gasteiger partial charge in [0.1, 0.15) is 0 Å². The second kappa shape index (κ2) is 5.60. The molecule has 16 heavy (non-hydrogen) atoms. The van der Waals surface area contributed by atoms with Crippen LogP contribution in [0.5, 0.6) is 0 Å². The Kier molecular flexibility index (Phi) is 4.69. The van der Waals surface area contributed by atoms with Crippen LogP contribution in [0.1, 0.15) is 0 Å². The van der Waals surface area contributed by atoms with Crippen LogP contribution in [-0.2, 0) is 10.0 Å². The minimum Gasteiger partial charge on any atom is -0.372 e. The molecule has 90 valence electrons. The largest absolute Gasteiger partial charge is 0.372 e. The Bertz CT molecular complexity index is 450. The van der Waals surface area contributed by atoms with Crippen molar-refractivity contribution in [1.29, 1.82) is 0 Å². The van der Waals surface area contributed by atoms with Crippen LogP contribution in [0.2, 0.25) is 0 Å². The molecule has 0 aliphatic carbocycles. The summed E-state index contributed by atoms with van der Waals surface area (Å²) in [5.74, 6) is 0. The minimum absolute atomic E-state index is 0.377. The first kappa shape index (κ1) is 13.4. The van der Waals surface area contributed by atoms with Crippen molar-refractivity contribution in [2.45, 2.75) is 0 Å². The molecule has 0 amide bonds. The van der Waals surface area contributed by atoms with Crippen molar-refractivity contribution in [2.24, 2.45) is 0 Å². The van der Waals surface area contributed by atoms with Crippen LogP contribution in [0.15, 0.2) is 22.9 Å². The molecule has 1 rings (SSSR count). The molecule has 0 bridgehead atoms. The molecule has 0 unspecified atom stereocenters. The lowest BCUT2D eigenvalue weighted by atomic mass is 10.4. The number of nitrogens with zero attached hydrogens (tertiary/aromatic N) is 2. The zero-order valence-corrected chi connectivity index (χ0v) is 11.5. The molecule has 1 aromatic rings. The third-order valence-electron chi connectivity index (χ3n) is 1.94. The predicted octanol–water partition coefficient (Wildman–Crippen LogP) is 0.830. The lowest BCUT2D eigenvalue weighted by Crippen LogP contribution is -2.32. The van der Waals surface area contributed by atoms with Crippen molar-refractivity contribution in [3.63, 3.8) is 0 Å². The predicted molar refractivity (Wildman–Crippen MR) is 68.1 cm³/mol. The summed E-state index contributed by atoms with van der Waals surface area (Å²) in [5, 5.41) is 0. The highest BCUT2D eigenvalue weighted by Gasteiger charge is 2.04. The van der Waals surface area contributed by atoms with Gasteiger partial charge in [0.2, 0.25) is 10.0 Å². The summed E-state index contributed by atoms with van der Waals surface area (Å²) in [7, 11) is -1.23. The van der Waals surface area contributed by atoms with Gasteiger partial charge >= 0.3 is 0 Å². The van der Waals surface area contributed by atoms with E-state index < -0.39 is 10.0 Å². The first-order valence-electron chi connectivity index (χ1n) is 4.65. The highest BCUT2D eigenvalue weighted by molar-refractivity contribution is 9.10. The lowest BCUT2D eigenvalue weighted by Gasteiger charge is -2.18. The number of nitrogens with one attached hydrogen (secondary N) is 1. The van der Waals surface area contributed by atoms with E-state index in [0.29, 0.717) is 13.1 Å². The highest BCUT2D eigenvalue weighted by atomic mass is 79.9. The van der Waals surface area contributed by atoms with Crippen LogP contribution < -0.4 is 9.62 Å². The number of anilines is 1. The van der Waals surface area contributed by atoms with Crippen molar-refractivity contribution in [3.05, 3.63) is 22.9 Å². The van der Waals surface area contributed by atoms with Crippen LogP contribution in [0, 0.1) is 0 Å². The second-order valence-electron chi connectivity index (χ2n) is 3.45. The Morgan fingerprint density at radius 1 is 1.50 bits per heavy atom. The van der Waals surface area contributed by atoms with E-state index in [9.17, 15) is 8.42 Å². The molecule has 7 heteroatoms. The van der Waals surface area contributed by atoms with Crippen LogP contribution >= 0.6 is 15.9 Å². The van der Waals surface area contributed by atoms with E-state index in [4.69, 9.17) is 0 Å². The topological polar surface area (TPSA) is 62.3 Å². The fraction of sp³-hybridized carbons (Fsp3) is 0.444. The smallest absolute Gasteiger partial charge is 0.208 e. The molecule has 1 heterocycles. The van der Waals surface area contributed by atoms with Gasteiger partial charge in [-0.05, 0) is 22.0 Å². The van der Waals surface area contributed by atoms with E-state index in [-0.39, 0.29) is 0 Å². The van der Waals surface area contributed by atoms with E-state index in [1.165, 1.54) is 0 Å². The number of halogens is 1. The van der Waals surface area contributed by atoms with E-state index in [1.54, 1.807) is 12.4 Å². The number of aromatic nitrogens is 1. The van der Waals surface area contributed by atoms with Crippen molar-refractivity contribution in [2.75, 3.05) is 31.3 Å². The molecule has 0 fully saturated rings. The molecule has 0 saturated carbocycles. The Morgan fingerprint density at radius 2 is 2.19 bits per heavy atom. The molecule has 0 spiro atoms. The van der Waals surface area contributed by atoms with Gasteiger partial charge in [-0.1, -0.05) is 0 Å². The summed E-state index contributed by atoms with van der Waals surface area (Å²) < 4.78 is 25.0. The van der Waals surface area contributed by atoms with Gasteiger partial charge in [0.15, 0.2) is 0 Å². The molecule has 0 aromatic carbocycles. The first-order chi connectivity index (χ1) is 7.38. The molecular weight excluding hydrogens is 294 g/mol. The molecule has 0 aliphatic heterocycles. The van der Waals surface area contributed by atoms with Crippen LogP contribution in [0.4, 0.5) is 5.69 Å².